The highest BCUT2D eigenvalue weighted by Crippen LogP contribution is 2.29. The summed E-state index contributed by atoms with van der Waals surface area (Å²) in [4.78, 5) is 11.2. The van der Waals surface area contributed by atoms with Gasteiger partial charge >= 0.3 is 0 Å². The molecule has 0 aromatic heterocycles. The van der Waals surface area contributed by atoms with Crippen LogP contribution in [0.4, 0.5) is 0 Å². The summed E-state index contributed by atoms with van der Waals surface area (Å²) in [7, 11) is -0.358. The highest BCUT2D eigenvalue weighted by Gasteiger charge is 2.32. The molecule has 2 N–H and O–H groups in total. The lowest BCUT2D eigenvalue weighted by molar-refractivity contribution is -0.119. The predicted octanol–water partition coefficient (Wildman–Crippen LogP) is 1.13. The van der Waals surface area contributed by atoms with Crippen molar-refractivity contribution in [3.8, 4) is 5.75 Å². The molecule has 1 amide bonds. The molecule has 0 bridgehead atoms. The monoisotopic (exact) mass is 391 g/mol. The summed E-state index contributed by atoms with van der Waals surface area (Å²) in [6.45, 7) is 2.64. The van der Waals surface area contributed by atoms with Crippen LogP contribution in [0.2, 0.25) is 0 Å². The van der Waals surface area contributed by atoms with Crippen LogP contribution in [0.3, 0.4) is 0 Å². The molecule has 142 valence electrons. The third kappa shape index (κ3) is 5.31. The Morgan fingerprint density at radius 2 is 2.12 bits per heavy atom. The number of likely N-dealkylation sites (N-methyl/N-ethyl adjacent to an activating group) is 1. The number of sulfonamides is 1. The Morgan fingerprint density at radius 1 is 1.40 bits per heavy atom. The number of carbonyl (C=O) groups is 1. The highest BCUT2D eigenvalue weighted by molar-refractivity contribution is 7.89. The standard InChI is InChI=1S/C16H25N3O4S.ClH/c1-12(20)18-10-13-6-7-15(23-3)16(9-13)24(21,22)19-8-4-5-14(11-19)17-2;/h6-7,9,14,17H,4-5,8,10-11H2,1-3H3,(H,18,20);1H. The van der Waals surface area contributed by atoms with Crippen molar-refractivity contribution in [3.63, 3.8) is 0 Å². The van der Waals surface area contributed by atoms with E-state index < -0.39 is 10.0 Å². The number of hydrogen-bond acceptors (Lipinski definition) is 5. The summed E-state index contributed by atoms with van der Waals surface area (Å²) in [6, 6.07) is 5.11. The Balaban J connectivity index is 0.00000312. The molecule has 1 aromatic rings. The average molecular weight is 392 g/mol. The zero-order valence-corrected chi connectivity index (χ0v) is 16.4. The van der Waals surface area contributed by atoms with Gasteiger partial charge in [0.15, 0.2) is 0 Å². The lowest BCUT2D eigenvalue weighted by Crippen LogP contribution is -2.46. The molecule has 0 spiro atoms. The molecule has 0 aliphatic carbocycles. The molecular formula is C16H26ClN3O4S. The van der Waals surface area contributed by atoms with E-state index >= 15 is 0 Å². The quantitative estimate of drug-likeness (QED) is 0.758. The first-order valence-electron chi connectivity index (χ1n) is 7.97. The van der Waals surface area contributed by atoms with E-state index in [1.54, 1.807) is 18.2 Å². The number of amides is 1. The molecule has 1 saturated heterocycles. The van der Waals surface area contributed by atoms with Gasteiger partial charge in [-0.05, 0) is 37.6 Å². The summed E-state index contributed by atoms with van der Waals surface area (Å²) >= 11 is 0. The molecule has 1 aliphatic rings. The third-order valence-electron chi connectivity index (χ3n) is 4.18. The van der Waals surface area contributed by atoms with Crippen molar-refractivity contribution in [2.45, 2.75) is 37.2 Å². The number of ether oxygens (including phenoxy) is 1. The van der Waals surface area contributed by atoms with Crippen molar-refractivity contribution in [2.24, 2.45) is 0 Å². The largest absolute Gasteiger partial charge is 0.495 e. The molecule has 9 heteroatoms. The van der Waals surface area contributed by atoms with Crippen molar-refractivity contribution in [1.82, 2.24) is 14.9 Å². The fourth-order valence-electron chi connectivity index (χ4n) is 2.79. The summed E-state index contributed by atoms with van der Waals surface area (Å²) in [6.07, 6.45) is 1.78. The number of hydrogen-bond donors (Lipinski definition) is 2. The Bertz CT molecular complexity index is 697. The molecule has 0 radical (unpaired) electrons. The number of rotatable bonds is 6. The Hall–Kier alpha value is -1.35. The molecule has 1 fully saturated rings. The second-order valence-corrected chi connectivity index (χ2v) is 7.79. The zero-order chi connectivity index (χ0) is 17.7. The van der Waals surface area contributed by atoms with Crippen LogP contribution in [0.1, 0.15) is 25.3 Å². The van der Waals surface area contributed by atoms with Crippen molar-refractivity contribution in [2.75, 3.05) is 27.2 Å². The maximum Gasteiger partial charge on any atom is 0.246 e. The van der Waals surface area contributed by atoms with Crippen LogP contribution in [-0.4, -0.2) is 51.9 Å². The van der Waals surface area contributed by atoms with E-state index in [0.29, 0.717) is 24.4 Å². The van der Waals surface area contributed by atoms with E-state index in [9.17, 15) is 13.2 Å². The summed E-state index contributed by atoms with van der Waals surface area (Å²) in [5.41, 5.74) is 0.715. The Labute approximate surface area is 155 Å². The molecule has 1 unspecified atom stereocenters. The van der Waals surface area contributed by atoms with Gasteiger partial charge in [-0.2, -0.15) is 4.31 Å². The van der Waals surface area contributed by atoms with Crippen molar-refractivity contribution in [3.05, 3.63) is 23.8 Å². The first kappa shape index (κ1) is 21.7. The van der Waals surface area contributed by atoms with Crippen LogP contribution < -0.4 is 15.4 Å². The predicted molar refractivity (Wildman–Crippen MR) is 98.6 cm³/mol. The maximum absolute atomic E-state index is 13.0. The summed E-state index contributed by atoms with van der Waals surface area (Å²) in [5.74, 6) is 0.149. The number of nitrogens with one attached hydrogen (secondary N) is 2. The minimum atomic E-state index is -3.65. The average Bonchev–Trinajstić information content (AvgIpc) is 2.59. The second-order valence-electron chi connectivity index (χ2n) is 5.89. The first-order chi connectivity index (χ1) is 11.4. The van der Waals surface area contributed by atoms with Gasteiger partial charge in [0.2, 0.25) is 15.9 Å². The van der Waals surface area contributed by atoms with Crippen LogP contribution in [0.5, 0.6) is 5.75 Å². The molecule has 1 aromatic carbocycles. The van der Waals surface area contributed by atoms with Gasteiger partial charge in [0.1, 0.15) is 10.6 Å². The SMILES string of the molecule is CNC1CCCN(S(=O)(=O)c2cc(CNC(C)=O)ccc2OC)C1.Cl. The smallest absolute Gasteiger partial charge is 0.246 e. The van der Waals surface area contributed by atoms with Gasteiger partial charge in [-0.15, -0.1) is 12.4 Å². The number of methoxy groups -OCH3 is 1. The molecule has 25 heavy (non-hydrogen) atoms. The van der Waals surface area contributed by atoms with Crippen molar-refractivity contribution in [1.29, 1.82) is 0 Å². The molecule has 7 nitrogen and oxygen atoms in total. The van der Waals surface area contributed by atoms with E-state index in [1.807, 2.05) is 7.05 Å². The molecule has 0 saturated carbocycles. The third-order valence-corrected chi connectivity index (χ3v) is 6.07. The van der Waals surface area contributed by atoms with Crippen LogP contribution in [0, 0.1) is 0 Å². The van der Waals surface area contributed by atoms with Gasteiger partial charge in [-0.3, -0.25) is 4.79 Å². The fraction of sp³-hybridized carbons (Fsp3) is 0.562. The molecule has 1 heterocycles. The minimum Gasteiger partial charge on any atom is -0.495 e. The van der Waals surface area contributed by atoms with Crippen LogP contribution in [0.15, 0.2) is 23.1 Å². The van der Waals surface area contributed by atoms with Gasteiger partial charge in [-0.25, -0.2) is 8.42 Å². The van der Waals surface area contributed by atoms with Gasteiger partial charge < -0.3 is 15.4 Å². The van der Waals surface area contributed by atoms with Crippen LogP contribution in [0.25, 0.3) is 0 Å². The zero-order valence-electron chi connectivity index (χ0n) is 14.7. The van der Waals surface area contributed by atoms with E-state index in [-0.39, 0.29) is 35.8 Å². The number of piperidine rings is 1. The van der Waals surface area contributed by atoms with E-state index in [0.717, 1.165) is 12.8 Å². The van der Waals surface area contributed by atoms with E-state index in [2.05, 4.69) is 10.6 Å². The Kier molecular flexibility index (Phi) is 8.14. The number of halogens is 1. The van der Waals surface area contributed by atoms with E-state index in [4.69, 9.17) is 4.74 Å². The van der Waals surface area contributed by atoms with Crippen molar-refractivity contribution >= 4 is 28.3 Å². The van der Waals surface area contributed by atoms with Crippen LogP contribution >= 0.6 is 12.4 Å². The highest BCUT2D eigenvalue weighted by atomic mass is 35.5. The van der Waals surface area contributed by atoms with E-state index in [1.165, 1.54) is 18.3 Å². The number of nitrogens with zero attached hydrogens (tertiary/aromatic N) is 1. The Morgan fingerprint density at radius 3 is 2.72 bits per heavy atom. The minimum absolute atomic E-state index is 0. The maximum atomic E-state index is 13.0. The fourth-order valence-corrected chi connectivity index (χ4v) is 4.52. The number of carbonyl (C=O) groups excluding carboxylic acids is 1. The number of benzene rings is 1. The summed E-state index contributed by atoms with van der Waals surface area (Å²) in [5, 5.41) is 5.82. The second kappa shape index (κ2) is 9.38. The molecule has 1 atom stereocenters. The van der Waals surface area contributed by atoms with Gasteiger partial charge in [0.05, 0.1) is 7.11 Å². The van der Waals surface area contributed by atoms with Crippen molar-refractivity contribution < 1.29 is 17.9 Å². The lowest BCUT2D eigenvalue weighted by atomic mass is 10.1. The normalized spacial score (nSPS) is 18.3. The first-order valence-corrected chi connectivity index (χ1v) is 9.41. The van der Waals surface area contributed by atoms with Gasteiger partial charge in [0.25, 0.3) is 0 Å². The molecule has 1 aliphatic heterocycles. The molecular weight excluding hydrogens is 366 g/mol. The van der Waals surface area contributed by atoms with Gasteiger partial charge in [-0.1, -0.05) is 6.07 Å². The van der Waals surface area contributed by atoms with Crippen LogP contribution in [-0.2, 0) is 21.4 Å². The molecule has 2 rings (SSSR count). The lowest BCUT2D eigenvalue weighted by Gasteiger charge is -2.32. The summed E-state index contributed by atoms with van der Waals surface area (Å²) < 4.78 is 32.8. The van der Waals surface area contributed by atoms with Gasteiger partial charge in [0, 0.05) is 32.6 Å². The topological polar surface area (TPSA) is 87.7 Å².